The van der Waals surface area contributed by atoms with Gasteiger partial charge in [-0.25, -0.2) is 13.4 Å². The zero-order valence-corrected chi connectivity index (χ0v) is 23.1. The molecule has 2 aromatic carbocycles. The van der Waals surface area contributed by atoms with E-state index in [1.807, 2.05) is 6.92 Å². The van der Waals surface area contributed by atoms with Gasteiger partial charge in [0.15, 0.2) is 11.5 Å². The molecule has 0 saturated heterocycles. The number of carbonyl (C=O) groups is 1. The minimum absolute atomic E-state index is 0.00477. The predicted molar refractivity (Wildman–Crippen MR) is 143 cm³/mol. The van der Waals surface area contributed by atoms with Crippen molar-refractivity contribution < 1.29 is 46.4 Å². The molecule has 0 fully saturated rings. The quantitative estimate of drug-likeness (QED) is 0.338. The van der Waals surface area contributed by atoms with Crippen molar-refractivity contribution in [3.8, 4) is 17.2 Å². The van der Waals surface area contributed by atoms with Gasteiger partial charge in [-0.3, -0.25) is 9.52 Å². The number of nitrogens with one attached hydrogen (secondary N) is 1. The smallest absolute Gasteiger partial charge is 0.497 e. The number of alkyl halides is 2. The van der Waals surface area contributed by atoms with Gasteiger partial charge in [-0.05, 0) is 64.9 Å². The molecule has 4 atom stereocenters. The standard InChI is InChI=1S/C28H28F2N2O8S/c1-14(13-33)10-16-11-17(38-2)5-6-18(16)24-25(27(34)35)23(15-4-8-20-21(12-15)40-28(29,30)39-20)19-7-9-22(31-26(19)24)32-41(3,36)37/h4-9,11-12,14,23-25,33H,10,13H2,1-3H3,(H,31,32)(H,34,35)/t14?,23-,24-,25+/m0/s1. The summed E-state index contributed by atoms with van der Waals surface area (Å²) in [7, 11) is -2.20. The van der Waals surface area contributed by atoms with Crippen LogP contribution in [-0.4, -0.2) is 55.9 Å². The minimum atomic E-state index is -3.85. The SMILES string of the molecule is COc1ccc([C@@H]2c3nc(NS(C)(=O)=O)ccc3[C@H](c3ccc4c(c3)OC(F)(F)O4)[C@H]2C(=O)O)c(CC(C)CO)c1. The predicted octanol–water partition coefficient (Wildman–Crippen LogP) is 3.93. The number of carboxylic acid groups (broad SMARTS) is 1. The molecule has 10 nitrogen and oxygen atoms in total. The van der Waals surface area contributed by atoms with Crippen molar-refractivity contribution in [2.75, 3.05) is 24.7 Å². The van der Waals surface area contributed by atoms with Gasteiger partial charge in [-0.15, -0.1) is 8.78 Å². The van der Waals surface area contributed by atoms with Crippen LogP contribution < -0.4 is 18.9 Å². The van der Waals surface area contributed by atoms with Crippen LogP contribution in [0.5, 0.6) is 17.2 Å². The minimum Gasteiger partial charge on any atom is -0.497 e. The van der Waals surface area contributed by atoms with Gasteiger partial charge in [0.1, 0.15) is 11.6 Å². The number of hydrogen-bond donors (Lipinski definition) is 3. The second-order valence-corrected chi connectivity index (χ2v) is 12.0. The fraction of sp³-hybridized carbons (Fsp3) is 0.357. The molecule has 0 spiro atoms. The van der Waals surface area contributed by atoms with E-state index in [0.29, 0.717) is 34.6 Å². The van der Waals surface area contributed by atoms with Gasteiger partial charge in [0, 0.05) is 18.4 Å². The second-order valence-electron chi connectivity index (χ2n) is 10.3. The summed E-state index contributed by atoms with van der Waals surface area (Å²) in [5.41, 5.74) is 2.53. The summed E-state index contributed by atoms with van der Waals surface area (Å²) in [6.45, 7) is 1.74. The van der Waals surface area contributed by atoms with Crippen LogP contribution in [0, 0.1) is 11.8 Å². The van der Waals surface area contributed by atoms with Gasteiger partial charge >= 0.3 is 12.3 Å². The zero-order chi connectivity index (χ0) is 29.7. The number of halogens is 2. The second kappa shape index (κ2) is 10.5. The Hall–Kier alpha value is -3.97. The molecule has 218 valence electrons. The van der Waals surface area contributed by atoms with E-state index in [0.717, 1.165) is 11.8 Å². The molecular weight excluding hydrogens is 562 g/mol. The highest BCUT2D eigenvalue weighted by molar-refractivity contribution is 7.92. The average Bonchev–Trinajstić information content (AvgIpc) is 3.39. The molecule has 2 aliphatic rings. The van der Waals surface area contributed by atoms with E-state index in [-0.39, 0.29) is 29.8 Å². The number of aliphatic hydroxyl groups is 1. The number of pyridine rings is 1. The molecular formula is C28H28F2N2O8S. The fourth-order valence-corrected chi connectivity index (χ4v) is 6.10. The summed E-state index contributed by atoms with van der Waals surface area (Å²) in [6, 6.07) is 12.4. The Morgan fingerprint density at radius 2 is 1.80 bits per heavy atom. The van der Waals surface area contributed by atoms with Gasteiger partial charge in [0.2, 0.25) is 10.0 Å². The average molecular weight is 591 g/mol. The molecule has 0 radical (unpaired) electrons. The number of aromatic nitrogens is 1. The lowest BCUT2D eigenvalue weighted by Gasteiger charge is -2.25. The van der Waals surface area contributed by atoms with E-state index in [1.165, 1.54) is 31.4 Å². The van der Waals surface area contributed by atoms with Crippen molar-refractivity contribution in [2.24, 2.45) is 11.8 Å². The highest BCUT2D eigenvalue weighted by Crippen LogP contribution is 2.54. The number of carboxylic acids is 1. The summed E-state index contributed by atoms with van der Waals surface area (Å²) >= 11 is 0. The van der Waals surface area contributed by atoms with Crippen molar-refractivity contribution >= 4 is 21.8 Å². The Kier molecular flexibility index (Phi) is 7.28. The molecule has 0 amide bonds. The molecule has 0 bridgehead atoms. The first-order valence-corrected chi connectivity index (χ1v) is 14.6. The first-order valence-electron chi connectivity index (χ1n) is 12.7. The molecule has 1 aliphatic heterocycles. The summed E-state index contributed by atoms with van der Waals surface area (Å²) in [5, 5.41) is 20.4. The Balaban J connectivity index is 1.72. The molecule has 3 N–H and O–H groups in total. The van der Waals surface area contributed by atoms with E-state index in [2.05, 4.69) is 19.2 Å². The van der Waals surface area contributed by atoms with Crippen LogP contribution >= 0.6 is 0 Å². The highest BCUT2D eigenvalue weighted by atomic mass is 32.2. The van der Waals surface area contributed by atoms with E-state index in [4.69, 9.17) is 4.74 Å². The van der Waals surface area contributed by atoms with Crippen LogP contribution in [0.15, 0.2) is 48.5 Å². The summed E-state index contributed by atoms with van der Waals surface area (Å²) in [6.07, 6.45) is -2.48. The van der Waals surface area contributed by atoms with Gasteiger partial charge in [0.25, 0.3) is 0 Å². The maximum Gasteiger partial charge on any atom is 0.586 e. The van der Waals surface area contributed by atoms with Crippen LogP contribution in [0.25, 0.3) is 0 Å². The topological polar surface area (TPSA) is 144 Å². The number of rotatable bonds is 9. The molecule has 5 rings (SSSR count). The molecule has 2 heterocycles. The third-order valence-electron chi connectivity index (χ3n) is 7.23. The lowest BCUT2D eigenvalue weighted by molar-refractivity contribution is -0.286. The Bertz CT molecular complexity index is 1610. The van der Waals surface area contributed by atoms with Crippen molar-refractivity contribution in [1.29, 1.82) is 0 Å². The molecule has 0 saturated carbocycles. The van der Waals surface area contributed by atoms with Gasteiger partial charge in [0.05, 0.1) is 25.0 Å². The number of fused-ring (bicyclic) bond motifs is 2. The molecule has 41 heavy (non-hydrogen) atoms. The van der Waals surface area contributed by atoms with Crippen molar-refractivity contribution in [2.45, 2.75) is 31.5 Å². The Labute approximate surface area is 235 Å². The first kappa shape index (κ1) is 28.6. The third-order valence-corrected chi connectivity index (χ3v) is 7.81. The number of anilines is 1. The summed E-state index contributed by atoms with van der Waals surface area (Å²) < 4.78 is 68.4. The maximum absolute atomic E-state index is 13.8. The first-order chi connectivity index (χ1) is 19.3. The van der Waals surface area contributed by atoms with Crippen molar-refractivity contribution in [1.82, 2.24) is 4.98 Å². The normalized spacial score (nSPS) is 21.3. The monoisotopic (exact) mass is 590 g/mol. The Morgan fingerprint density at radius 1 is 1.10 bits per heavy atom. The number of aliphatic carboxylic acids is 1. The number of benzene rings is 2. The van der Waals surface area contributed by atoms with Gasteiger partial charge < -0.3 is 24.4 Å². The molecule has 1 unspecified atom stereocenters. The highest BCUT2D eigenvalue weighted by Gasteiger charge is 2.50. The number of methoxy groups -OCH3 is 1. The largest absolute Gasteiger partial charge is 0.586 e. The van der Waals surface area contributed by atoms with Crippen LogP contribution in [0.4, 0.5) is 14.6 Å². The third kappa shape index (κ3) is 5.64. The van der Waals surface area contributed by atoms with Crippen LogP contribution in [0.2, 0.25) is 0 Å². The maximum atomic E-state index is 13.8. The molecule has 1 aromatic heterocycles. The van der Waals surface area contributed by atoms with E-state index in [1.54, 1.807) is 24.3 Å². The van der Waals surface area contributed by atoms with E-state index in [9.17, 15) is 32.2 Å². The fourth-order valence-electron chi connectivity index (χ4n) is 5.60. The lowest BCUT2D eigenvalue weighted by Crippen LogP contribution is -2.26. The number of hydrogen-bond acceptors (Lipinski definition) is 8. The molecule has 3 aromatic rings. The number of nitrogens with zero attached hydrogens (tertiary/aromatic N) is 1. The summed E-state index contributed by atoms with van der Waals surface area (Å²) in [4.78, 5) is 17.6. The number of ether oxygens (including phenoxy) is 3. The van der Waals surface area contributed by atoms with Crippen molar-refractivity contribution in [3.05, 3.63) is 76.5 Å². The lowest BCUT2D eigenvalue weighted by atomic mass is 9.78. The van der Waals surface area contributed by atoms with Gasteiger partial charge in [-0.1, -0.05) is 25.1 Å². The zero-order valence-electron chi connectivity index (χ0n) is 22.3. The van der Waals surface area contributed by atoms with E-state index >= 15 is 0 Å². The van der Waals surface area contributed by atoms with Gasteiger partial charge in [-0.2, -0.15) is 0 Å². The number of aliphatic hydroxyl groups excluding tert-OH is 1. The molecule has 13 heteroatoms. The number of sulfonamides is 1. The summed E-state index contributed by atoms with van der Waals surface area (Å²) in [5.74, 6) is -4.10. The van der Waals surface area contributed by atoms with Crippen LogP contribution in [0.1, 0.15) is 46.7 Å². The van der Waals surface area contributed by atoms with Crippen LogP contribution in [0.3, 0.4) is 0 Å². The molecule has 1 aliphatic carbocycles. The Morgan fingerprint density at radius 3 is 2.46 bits per heavy atom. The van der Waals surface area contributed by atoms with Crippen molar-refractivity contribution in [3.63, 3.8) is 0 Å². The van der Waals surface area contributed by atoms with Crippen LogP contribution in [-0.2, 0) is 21.2 Å². The van der Waals surface area contributed by atoms with E-state index < -0.39 is 40.0 Å².